The summed E-state index contributed by atoms with van der Waals surface area (Å²) in [4.78, 5) is 27.1. The number of benzene rings is 3. The fourth-order valence-electron chi connectivity index (χ4n) is 4.57. The molecule has 8 heteroatoms. The summed E-state index contributed by atoms with van der Waals surface area (Å²) in [6, 6.07) is 16.4. The number of amides is 2. The molecule has 0 spiro atoms. The van der Waals surface area contributed by atoms with Gasteiger partial charge in [-0.25, -0.2) is 17.6 Å². The molecule has 0 atom stereocenters. The lowest BCUT2D eigenvalue weighted by molar-refractivity contribution is -0.123. The van der Waals surface area contributed by atoms with Gasteiger partial charge in [0.25, 0.3) is 5.91 Å². The first kappa shape index (κ1) is 24.4. The van der Waals surface area contributed by atoms with Gasteiger partial charge in [-0.2, -0.15) is 0 Å². The van der Waals surface area contributed by atoms with Gasteiger partial charge in [-0.1, -0.05) is 42.5 Å². The third-order valence-electron chi connectivity index (χ3n) is 6.51. The summed E-state index contributed by atoms with van der Waals surface area (Å²) in [5, 5.41) is 2.83. The molecule has 1 saturated heterocycles. The molecule has 0 saturated carbocycles. The van der Waals surface area contributed by atoms with Crippen molar-refractivity contribution in [2.24, 2.45) is 0 Å². The topological polar surface area (TPSA) is 49.4 Å². The van der Waals surface area contributed by atoms with E-state index in [0.29, 0.717) is 30.5 Å². The van der Waals surface area contributed by atoms with E-state index in [1.54, 1.807) is 12.1 Å². The highest BCUT2D eigenvalue weighted by molar-refractivity contribution is 5.94. The minimum Gasteiger partial charge on any atom is -0.352 e. The Morgan fingerprint density at radius 3 is 2.20 bits per heavy atom. The molecule has 0 unspecified atom stereocenters. The van der Waals surface area contributed by atoms with E-state index >= 15 is 0 Å². The number of hydrogen-bond acceptors (Lipinski definition) is 2. The average molecular weight is 484 g/mol. The van der Waals surface area contributed by atoms with Crippen molar-refractivity contribution in [1.29, 1.82) is 0 Å². The monoisotopic (exact) mass is 484 g/mol. The molecule has 0 radical (unpaired) electrons. The molecule has 2 amide bonds. The first-order valence-corrected chi connectivity index (χ1v) is 11.3. The van der Waals surface area contributed by atoms with Gasteiger partial charge in [0.1, 0.15) is 11.6 Å². The summed E-state index contributed by atoms with van der Waals surface area (Å²) in [5.74, 6) is -5.09. The van der Waals surface area contributed by atoms with Crippen LogP contribution in [-0.2, 0) is 16.8 Å². The van der Waals surface area contributed by atoms with E-state index in [0.717, 1.165) is 5.56 Å². The van der Waals surface area contributed by atoms with Gasteiger partial charge in [-0.15, -0.1) is 0 Å². The minimum atomic E-state index is -1.36. The zero-order valence-electron chi connectivity index (χ0n) is 18.9. The number of nitrogens with zero attached hydrogens (tertiary/aromatic N) is 1. The van der Waals surface area contributed by atoms with Crippen molar-refractivity contribution in [2.75, 3.05) is 13.1 Å². The fraction of sp³-hybridized carbons (Fsp3) is 0.259. The molecule has 0 aliphatic carbocycles. The zero-order valence-corrected chi connectivity index (χ0v) is 18.9. The van der Waals surface area contributed by atoms with E-state index in [4.69, 9.17) is 0 Å². The van der Waals surface area contributed by atoms with Gasteiger partial charge in [-0.05, 0) is 42.2 Å². The molecule has 0 bridgehead atoms. The lowest BCUT2D eigenvalue weighted by Gasteiger charge is -2.42. The molecule has 0 aromatic heterocycles. The average Bonchev–Trinajstić information content (AvgIpc) is 2.86. The van der Waals surface area contributed by atoms with Crippen molar-refractivity contribution < 1.29 is 27.2 Å². The molecule has 1 aliphatic rings. The first-order valence-electron chi connectivity index (χ1n) is 11.3. The number of nitrogens with one attached hydrogen (secondary N) is 1. The van der Waals surface area contributed by atoms with Crippen molar-refractivity contribution in [3.8, 4) is 0 Å². The van der Waals surface area contributed by atoms with E-state index in [9.17, 15) is 27.2 Å². The lowest BCUT2D eigenvalue weighted by atomic mass is 9.70. The maximum atomic E-state index is 14.1. The predicted molar refractivity (Wildman–Crippen MR) is 122 cm³/mol. The van der Waals surface area contributed by atoms with Crippen LogP contribution in [-0.4, -0.2) is 29.8 Å². The number of hydrogen-bond donors (Lipinski definition) is 1. The maximum Gasteiger partial charge on any atom is 0.256 e. The Morgan fingerprint density at radius 1 is 0.829 bits per heavy atom. The van der Waals surface area contributed by atoms with Crippen LogP contribution < -0.4 is 5.32 Å². The van der Waals surface area contributed by atoms with Gasteiger partial charge in [0, 0.05) is 37.5 Å². The molecule has 4 rings (SSSR count). The maximum absolute atomic E-state index is 14.1. The lowest BCUT2D eigenvalue weighted by Crippen LogP contribution is -2.47. The van der Waals surface area contributed by atoms with E-state index in [-0.39, 0.29) is 37.8 Å². The Balaban J connectivity index is 1.48. The summed E-state index contributed by atoms with van der Waals surface area (Å²) in [6.07, 6.45) is 0.983. The number of likely N-dealkylation sites (tertiary alicyclic amines) is 1. The number of carbonyl (C=O) groups is 2. The molecule has 35 heavy (non-hydrogen) atoms. The molecule has 1 heterocycles. The van der Waals surface area contributed by atoms with Crippen LogP contribution in [0, 0.1) is 23.3 Å². The second-order valence-electron chi connectivity index (χ2n) is 8.77. The van der Waals surface area contributed by atoms with Gasteiger partial charge >= 0.3 is 0 Å². The normalized spacial score (nSPS) is 15.0. The molecule has 182 valence electrons. The highest BCUT2D eigenvalue weighted by Gasteiger charge is 2.39. The van der Waals surface area contributed by atoms with Crippen molar-refractivity contribution in [1.82, 2.24) is 10.2 Å². The SMILES string of the molecule is O=C(CC1(c2ccccc2)CCN(C(=O)c2cc(F)c(F)cc2F)CC1)NCc1cccc(F)c1. The van der Waals surface area contributed by atoms with Crippen molar-refractivity contribution in [2.45, 2.75) is 31.2 Å². The molecule has 3 aromatic carbocycles. The van der Waals surface area contributed by atoms with Crippen LogP contribution in [0.1, 0.15) is 40.7 Å². The van der Waals surface area contributed by atoms with Crippen molar-refractivity contribution in [3.63, 3.8) is 0 Å². The Kier molecular flexibility index (Phi) is 7.19. The van der Waals surface area contributed by atoms with Crippen molar-refractivity contribution in [3.05, 3.63) is 107 Å². The van der Waals surface area contributed by atoms with Crippen LogP contribution in [0.4, 0.5) is 17.6 Å². The smallest absolute Gasteiger partial charge is 0.256 e. The first-order chi connectivity index (χ1) is 16.8. The molecule has 3 aromatic rings. The number of halogens is 4. The standard InChI is InChI=1S/C27H24F4N2O2/c28-20-8-4-5-18(13-20)17-32-25(34)16-27(19-6-2-1-3-7-19)9-11-33(12-10-27)26(35)21-14-23(30)24(31)15-22(21)29/h1-8,13-15H,9-12,16-17H2,(H,32,34). The van der Waals surface area contributed by atoms with Crippen LogP contribution in [0.15, 0.2) is 66.7 Å². The second-order valence-corrected chi connectivity index (χ2v) is 8.77. The third kappa shape index (κ3) is 5.53. The third-order valence-corrected chi connectivity index (χ3v) is 6.51. The molecule has 1 N–H and O–H groups in total. The quantitative estimate of drug-likeness (QED) is 0.390. The molecule has 4 nitrogen and oxygen atoms in total. The summed E-state index contributed by atoms with van der Waals surface area (Å²) in [6.45, 7) is 0.605. The van der Waals surface area contributed by atoms with Gasteiger partial charge in [-0.3, -0.25) is 9.59 Å². The molecular weight excluding hydrogens is 460 g/mol. The predicted octanol–water partition coefficient (Wildman–Crippen LogP) is 5.12. The fourth-order valence-corrected chi connectivity index (χ4v) is 4.57. The van der Waals surface area contributed by atoms with Gasteiger partial charge in [0.2, 0.25) is 5.91 Å². The van der Waals surface area contributed by atoms with Crippen LogP contribution >= 0.6 is 0 Å². The summed E-state index contributed by atoms with van der Waals surface area (Å²) in [7, 11) is 0. The molecular formula is C27H24F4N2O2. The highest BCUT2D eigenvalue weighted by atomic mass is 19.2. The zero-order chi connectivity index (χ0) is 25.0. The number of piperidine rings is 1. The largest absolute Gasteiger partial charge is 0.352 e. The van der Waals surface area contributed by atoms with Gasteiger partial charge in [0.05, 0.1) is 5.56 Å². The Labute approximate surface area is 200 Å². The Bertz CT molecular complexity index is 1230. The van der Waals surface area contributed by atoms with Crippen LogP contribution in [0.5, 0.6) is 0 Å². The van der Waals surface area contributed by atoms with E-state index in [2.05, 4.69) is 5.32 Å². The molecule has 1 fully saturated rings. The van der Waals surface area contributed by atoms with Gasteiger partial charge < -0.3 is 10.2 Å². The second kappa shape index (κ2) is 10.3. The van der Waals surface area contributed by atoms with E-state index in [1.807, 2.05) is 30.3 Å². The number of rotatable bonds is 6. The van der Waals surface area contributed by atoms with Crippen molar-refractivity contribution >= 4 is 11.8 Å². The van der Waals surface area contributed by atoms with Crippen LogP contribution in [0.3, 0.4) is 0 Å². The highest BCUT2D eigenvalue weighted by Crippen LogP contribution is 2.39. The summed E-state index contributed by atoms with van der Waals surface area (Å²) >= 11 is 0. The Morgan fingerprint density at radius 2 is 1.51 bits per heavy atom. The number of carbonyl (C=O) groups excluding carboxylic acids is 2. The van der Waals surface area contributed by atoms with E-state index < -0.39 is 34.3 Å². The van der Waals surface area contributed by atoms with Crippen LogP contribution in [0.25, 0.3) is 0 Å². The molecule has 1 aliphatic heterocycles. The van der Waals surface area contributed by atoms with Gasteiger partial charge in [0.15, 0.2) is 11.6 Å². The summed E-state index contributed by atoms with van der Waals surface area (Å²) in [5.41, 5.74) is 0.480. The summed E-state index contributed by atoms with van der Waals surface area (Å²) < 4.78 is 54.5. The minimum absolute atomic E-state index is 0.147. The van der Waals surface area contributed by atoms with Crippen LogP contribution in [0.2, 0.25) is 0 Å². The Hall–Kier alpha value is -3.68. The van der Waals surface area contributed by atoms with E-state index in [1.165, 1.54) is 17.0 Å².